The topological polar surface area (TPSA) is 49.3 Å². The molecule has 0 unspecified atom stereocenters. The molecule has 1 aliphatic carbocycles. The summed E-state index contributed by atoms with van der Waals surface area (Å²) < 4.78 is 13.6. The van der Waals surface area contributed by atoms with Gasteiger partial charge in [-0.3, -0.25) is 0 Å². The summed E-state index contributed by atoms with van der Waals surface area (Å²) in [4.78, 5) is 10.7. The van der Waals surface area contributed by atoms with E-state index < -0.39 is 11.8 Å². The molecule has 0 amide bonds. The molecule has 3 nitrogen and oxygen atoms in total. The molecule has 1 aromatic carbocycles. The highest BCUT2D eigenvalue weighted by Crippen LogP contribution is 2.27. The van der Waals surface area contributed by atoms with Crippen LogP contribution in [-0.2, 0) is 6.54 Å². The Kier molecular flexibility index (Phi) is 5.43. The Bertz CT molecular complexity index is 473. The van der Waals surface area contributed by atoms with Crippen LogP contribution in [0.2, 0.25) is 0 Å². The molecular weight excluding hydrogens is 277 g/mol. The van der Waals surface area contributed by atoms with E-state index in [4.69, 9.17) is 5.11 Å². The van der Waals surface area contributed by atoms with Gasteiger partial charge in [-0.2, -0.15) is 11.8 Å². The Hall–Kier alpha value is -1.07. The minimum atomic E-state index is -1.22. The van der Waals surface area contributed by atoms with Crippen molar-refractivity contribution in [2.75, 3.05) is 6.26 Å². The molecule has 0 saturated heterocycles. The Balaban J connectivity index is 1.85. The van der Waals surface area contributed by atoms with Crippen molar-refractivity contribution in [3.8, 4) is 0 Å². The van der Waals surface area contributed by atoms with Gasteiger partial charge in [-0.25, -0.2) is 9.18 Å². The molecule has 2 N–H and O–H groups in total. The van der Waals surface area contributed by atoms with Gasteiger partial charge in [-0.1, -0.05) is 6.07 Å². The number of rotatable bonds is 5. The van der Waals surface area contributed by atoms with E-state index >= 15 is 0 Å². The maximum absolute atomic E-state index is 13.6. The zero-order chi connectivity index (χ0) is 14.5. The van der Waals surface area contributed by atoms with Gasteiger partial charge in [0.15, 0.2) is 0 Å². The van der Waals surface area contributed by atoms with E-state index in [0.29, 0.717) is 12.6 Å². The third-order valence-electron chi connectivity index (χ3n) is 3.87. The predicted octanol–water partition coefficient (Wildman–Crippen LogP) is 3.29. The molecule has 1 aromatic rings. The lowest BCUT2D eigenvalue weighted by Crippen LogP contribution is -2.33. The summed E-state index contributed by atoms with van der Waals surface area (Å²) in [6.07, 6.45) is 6.92. The Morgan fingerprint density at radius 2 is 2.10 bits per heavy atom. The zero-order valence-corrected chi connectivity index (χ0v) is 12.4. The first-order valence-electron chi connectivity index (χ1n) is 6.88. The van der Waals surface area contributed by atoms with Crippen molar-refractivity contribution in [3.05, 3.63) is 35.1 Å². The van der Waals surface area contributed by atoms with Crippen molar-refractivity contribution in [2.45, 2.75) is 43.5 Å². The van der Waals surface area contributed by atoms with Crippen LogP contribution >= 0.6 is 11.8 Å². The molecule has 0 aromatic heterocycles. The Morgan fingerprint density at radius 1 is 1.40 bits per heavy atom. The van der Waals surface area contributed by atoms with E-state index in [1.807, 2.05) is 11.8 Å². The average molecular weight is 297 g/mol. The van der Waals surface area contributed by atoms with Gasteiger partial charge in [0.25, 0.3) is 0 Å². The first-order valence-corrected chi connectivity index (χ1v) is 8.17. The van der Waals surface area contributed by atoms with Gasteiger partial charge < -0.3 is 10.4 Å². The highest BCUT2D eigenvalue weighted by atomic mass is 32.2. The second-order valence-corrected chi connectivity index (χ2v) is 6.35. The lowest BCUT2D eigenvalue weighted by molar-refractivity contribution is 0.0692. The molecule has 110 valence electrons. The third kappa shape index (κ3) is 3.96. The number of carboxylic acid groups (broad SMARTS) is 1. The van der Waals surface area contributed by atoms with Gasteiger partial charge >= 0.3 is 5.97 Å². The largest absolute Gasteiger partial charge is 0.478 e. The Labute approximate surface area is 123 Å². The molecule has 5 heteroatoms. The molecule has 0 aliphatic heterocycles. The van der Waals surface area contributed by atoms with Crippen LogP contribution in [0.3, 0.4) is 0 Å². The van der Waals surface area contributed by atoms with Crippen LogP contribution in [0.25, 0.3) is 0 Å². The summed E-state index contributed by atoms with van der Waals surface area (Å²) in [5.74, 6) is -1.89. The molecule has 20 heavy (non-hydrogen) atoms. The summed E-state index contributed by atoms with van der Waals surface area (Å²) in [7, 11) is 0. The summed E-state index contributed by atoms with van der Waals surface area (Å²) in [6, 6.07) is 4.80. The van der Waals surface area contributed by atoms with Crippen molar-refractivity contribution in [1.82, 2.24) is 5.32 Å². The van der Waals surface area contributed by atoms with Gasteiger partial charge in [0.2, 0.25) is 0 Å². The van der Waals surface area contributed by atoms with Gasteiger partial charge in [0, 0.05) is 17.8 Å². The van der Waals surface area contributed by atoms with Crippen molar-refractivity contribution >= 4 is 17.7 Å². The van der Waals surface area contributed by atoms with Crippen LogP contribution < -0.4 is 5.32 Å². The number of thioether (sulfide) groups is 1. The molecule has 0 bridgehead atoms. The van der Waals surface area contributed by atoms with Crippen molar-refractivity contribution in [3.63, 3.8) is 0 Å². The van der Waals surface area contributed by atoms with Crippen molar-refractivity contribution in [2.24, 2.45) is 0 Å². The van der Waals surface area contributed by atoms with Crippen molar-refractivity contribution in [1.29, 1.82) is 0 Å². The van der Waals surface area contributed by atoms with Crippen molar-refractivity contribution < 1.29 is 14.3 Å². The van der Waals surface area contributed by atoms with Gasteiger partial charge in [-0.05, 0) is 49.6 Å². The molecule has 0 atom stereocenters. The van der Waals surface area contributed by atoms with Crippen LogP contribution in [0.5, 0.6) is 0 Å². The quantitative estimate of drug-likeness (QED) is 0.875. The van der Waals surface area contributed by atoms with E-state index in [0.717, 1.165) is 23.7 Å². The minimum Gasteiger partial charge on any atom is -0.478 e. The summed E-state index contributed by atoms with van der Waals surface area (Å²) in [5.41, 5.74) is 0.522. The smallest absolute Gasteiger partial charge is 0.338 e. The van der Waals surface area contributed by atoms with Crippen LogP contribution in [0.15, 0.2) is 18.2 Å². The minimum absolute atomic E-state index is 0.269. The standard InChI is InChI=1S/C15H20FNO2S/c1-20-12-5-3-11(4-6-12)17-9-10-2-7-13(15(18)19)14(16)8-10/h2,7-8,11-12,17H,3-6,9H2,1H3,(H,18,19). The van der Waals surface area contributed by atoms with Gasteiger partial charge in [0.05, 0.1) is 5.56 Å². The second kappa shape index (κ2) is 7.09. The SMILES string of the molecule is CSC1CCC(NCc2ccc(C(=O)O)c(F)c2)CC1. The monoisotopic (exact) mass is 297 g/mol. The summed E-state index contributed by atoms with van der Waals surface area (Å²) in [6.45, 7) is 0.589. The molecule has 1 saturated carbocycles. The fourth-order valence-corrected chi connectivity index (χ4v) is 3.35. The number of aromatic carboxylic acids is 1. The molecule has 1 aliphatic rings. The molecule has 0 radical (unpaired) electrons. The number of hydrogen-bond acceptors (Lipinski definition) is 3. The number of carboxylic acids is 1. The number of nitrogens with one attached hydrogen (secondary N) is 1. The maximum atomic E-state index is 13.6. The maximum Gasteiger partial charge on any atom is 0.338 e. The number of carbonyl (C=O) groups is 1. The first-order chi connectivity index (χ1) is 9.60. The Morgan fingerprint density at radius 3 is 2.65 bits per heavy atom. The normalized spacial score (nSPS) is 22.7. The van der Waals surface area contributed by atoms with Crippen LogP contribution in [-0.4, -0.2) is 28.6 Å². The molecular formula is C15H20FNO2S. The van der Waals surface area contributed by atoms with E-state index in [-0.39, 0.29) is 5.56 Å². The lowest BCUT2D eigenvalue weighted by Gasteiger charge is -2.28. The predicted molar refractivity (Wildman–Crippen MR) is 79.8 cm³/mol. The number of halogens is 1. The van der Waals surface area contributed by atoms with E-state index in [1.165, 1.54) is 25.0 Å². The number of hydrogen-bond donors (Lipinski definition) is 2. The van der Waals surface area contributed by atoms with Gasteiger partial charge in [-0.15, -0.1) is 0 Å². The van der Waals surface area contributed by atoms with Crippen LogP contribution in [0, 0.1) is 5.82 Å². The van der Waals surface area contributed by atoms with E-state index in [9.17, 15) is 9.18 Å². The van der Waals surface area contributed by atoms with Crippen LogP contribution in [0.1, 0.15) is 41.6 Å². The molecule has 0 spiro atoms. The van der Waals surface area contributed by atoms with Gasteiger partial charge in [0.1, 0.15) is 5.82 Å². The number of benzene rings is 1. The highest BCUT2D eigenvalue weighted by molar-refractivity contribution is 7.99. The van der Waals surface area contributed by atoms with E-state index in [1.54, 1.807) is 6.07 Å². The van der Waals surface area contributed by atoms with E-state index in [2.05, 4.69) is 11.6 Å². The van der Waals surface area contributed by atoms with Crippen LogP contribution in [0.4, 0.5) is 4.39 Å². The molecule has 0 heterocycles. The second-order valence-electron chi connectivity index (χ2n) is 5.21. The fourth-order valence-electron chi connectivity index (χ4n) is 2.61. The third-order valence-corrected chi connectivity index (χ3v) is 5.00. The average Bonchev–Trinajstić information content (AvgIpc) is 2.45. The molecule has 2 rings (SSSR count). The molecule has 1 fully saturated rings. The summed E-state index contributed by atoms with van der Waals surface area (Å²) >= 11 is 1.94. The lowest BCUT2D eigenvalue weighted by atomic mass is 9.95. The highest BCUT2D eigenvalue weighted by Gasteiger charge is 2.20. The fraction of sp³-hybridized carbons (Fsp3) is 0.533. The summed E-state index contributed by atoms with van der Waals surface area (Å²) in [5, 5.41) is 13.0. The zero-order valence-electron chi connectivity index (χ0n) is 11.6. The first kappa shape index (κ1) is 15.3.